The molecule has 214 valence electrons. The molecule has 2 aliphatic rings. The Morgan fingerprint density at radius 2 is 1.54 bits per heavy atom. The van der Waals surface area contributed by atoms with Gasteiger partial charge in [-0.3, -0.25) is 0 Å². The Hall–Kier alpha value is -3.54. The SMILES string of the molecule is O=C([O-])C(=O)O.O=C([O-])C(=O)O.c1ccc2c(C(C[NH2+]CC[NH+]3CCCCC3)CC3CCCO3)cccc2c1. The lowest BCUT2D eigenvalue weighted by Crippen LogP contribution is -3.15. The lowest BCUT2D eigenvalue weighted by Gasteiger charge is -2.24. The van der Waals surface area contributed by atoms with Gasteiger partial charge in [0.15, 0.2) is 11.9 Å². The number of hydrogen-bond donors (Lipinski definition) is 4. The zero-order chi connectivity index (χ0) is 28.6. The number of aliphatic carboxylic acids is 4. The number of ether oxygens (including phenoxy) is 1. The minimum absolute atomic E-state index is 0.454. The van der Waals surface area contributed by atoms with Gasteiger partial charge < -0.3 is 45.0 Å². The number of fused-ring (bicyclic) bond motifs is 1. The van der Waals surface area contributed by atoms with E-state index in [1.54, 1.807) is 0 Å². The first-order chi connectivity index (χ1) is 18.7. The molecular weight excluding hydrogens is 508 g/mol. The van der Waals surface area contributed by atoms with Crippen LogP contribution in [0.5, 0.6) is 0 Å². The predicted molar refractivity (Wildman–Crippen MR) is 137 cm³/mol. The van der Waals surface area contributed by atoms with Crippen molar-refractivity contribution < 1.29 is 54.6 Å². The monoisotopic (exact) mass is 546 g/mol. The lowest BCUT2D eigenvalue weighted by atomic mass is 9.88. The van der Waals surface area contributed by atoms with Crippen LogP contribution in [0.3, 0.4) is 0 Å². The zero-order valence-corrected chi connectivity index (χ0v) is 22.0. The van der Waals surface area contributed by atoms with Crippen molar-refractivity contribution >= 4 is 34.6 Å². The highest BCUT2D eigenvalue weighted by atomic mass is 16.5. The summed E-state index contributed by atoms with van der Waals surface area (Å²) in [5, 5.41) is 38.0. The highest BCUT2D eigenvalue weighted by Crippen LogP contribution is 2.30. The number of benzene rings is 2. The van der Waals surface area contributed by atoms with Crippen LogP contribution in [-0.2, 0) is 23.9 Å². The number of piperidine rings is 1. The molecular formula is C28H38N2O9. The van der Waals surface area contributed by atoms with Crippen molar-refractivity contribution in [3.63, 3.8) is 0 Å². The fraction of sp³-hybridized carbons (Fsp3) is 0.500. The van der Waals surface area contributed by atoms with E-state index in [0.717, 1.165) is 6.61 Å². The predicted octanol–water partition coefficient (Wildman–Crippen LogP) is -2.23. The normalized spacial score (nSPS) is 17.7. The maximum atomic E-state index is 9.04. The lowest BCUT2D eigenvalue weighted by molar-refractivity contribution is -0.917. The van der Waals surface area contributed by atoms with Gasteiger partial charge in [-0.05, 0) is 54.9 Å². The molecule has 2 aliphatic heterocycles. The van der Waals surface area contributed by atoms with Gasteiger partial charge in [-0.15, -0.1) is 0 Å². The topological polar surface area (TPSA) is 185 Å². The molecule has 0 amide bonds. The van der Waals surface area contributed by atoms with Gasteiger partial charge >= 0.3 is 11.9 Å². The summed E-state index contributed by atoms with van der Waals surface area (Å²) in [6.45, 7) is 7.48. The third kappa shape index (κ3) is 11.8. The number of carboxylic acids is 4. The van der Waals surface area contributed by atoms with Crippen molar-refractivity contribution in [1.82, 2.24) is 0 Å². The summed E-state index contributed by atoms with van der Waals surface area (Å²) in [6.07, 6.45) is 8.38. The summed E-state index contributed by atoms with van der Waals surface area (Å²) in [6, 6.07) is 15.7. The maximum absolute atomic E-state index is 9.04. The van der Waals surface area contributed by atoms with Gasteiger partial charge in [-0.1, -0.05) is 42.5 Å². The Kier molecular flexibility index (Phi) is 13.9. The van der Waals surface area contributed by atoms with Crippen molar-refractivity contribution in [3.05, 3.63) is 48.0 Å². The number of nitrogens with one attached hydrogen (secondary N) is 1. The second-order valence-electron chi connectivity index (χ2n) is 9.69. The first kappa shape index (κ1) is 31.7. The van der Waals surface area contributed by atoms with Gasteiger partial charge in [0.1, 0.15) is 13.1 Å². The second-order valence-corrected chi connectivity index (χ2v) is 9.69. The van der Waals surface area contributed by atoms with Gasteiger partial charge in [0, 0.05) is 12.5 Å². The number of likely N-dealkylation sites (tertiary alicyclic amines) is 1. The summed E-state index contributed by atoms with van der Waals surface area (Å²) in [5.41, 5.74) is 1.52. The van der Waals surface area contributed by atoms with E-state index in [1.165, 1.54) is 87.6 Å². The summed E-state index contributed by atoms with van der Waals surface area (Å²) in [5.74, 6) is -7.44. The van der Waals surface area contributed by atoms with Crippen LogP contribution < -0.4 is 20.4 Å². The molecule has 0 saturated carbocycles. The maximum Gasteiger partial charge on any atom is 0.351 e. The number of rotatable bonds is 8. The first-order valence-corrected chi connectivity index (χ1v) is 13.3. The van der Waals surface area contributed by atoms with Crippen LogP contribution in [0, 0.1) is 0 Å². The number of carbonyl (C=O) groups excluding carboxylic acids is 2. The molecule has 2 fully saturated rings. The van der Waals surface area contributed by atoms with Crippen LogP contribution in [0.1, 0.15) is 50.0 Å². The Morgan fingerprint density at radius 3 is 2.13 bits per heavy atom. The van der Waals surface area contributed by atoms with Gasteiger partial charge in [-0.25, -0.2) is 9.59 Å². The molecule has 0 spiro atoms. The number of carboxylic acid groups (broad SMARTS) is 4. The summed E-state index contributed by atoms with van der Waals surface area (Å²) in [7, 11) is 0. The number of quaternary nitrogens is 2. The van der Waals surface area contributed by atoms with Crippen molar-refractivity contribution in [1.29, 1.82) is 0 Å². The molecule has 5 N–H and O–H groups in total. The molecule has 4 rings (SSSR count). The second kappa shape index (κ2) is 17.1. The van der Waals surface area contributed by atoms with Crippen molar-refractivity contribution in [2.75, 3.05) is 39.3 Å². The van der Waals surface area contributed by atoms with Crippen LogP contribution in [0.2, 0.25) is 0 Å². The van der Waals surface area contributed by atoms with E-state index in [2.05, 4.69) is 47.8 Å². The molecule has 2 aromatic carbocycles. The van der Waals surface area contributed by atoms with E-state index in [0.29, 0.717) is 12.0 Å². The standard InChI is InChI=1S/C24H34N2O.2C2H2O4/c1-4-14-26(15-5-1)16-13-25-19-21(18-22-10-7-17-27-22)24-12-6-9-20-8-2-3-11-23(20)24;2*3-1(4)2(5)6/h2-3,6,8-9,11-12,21-22,25H,1,4-5,7,10,13-19H2;2*(H,3,4)(H,5,6). The average molecular weight is 547 g/mol. The first-order valence-electron chi connectivity index (χ1n) is 13.3. The highest BCUT2D eigenvalue weighted by Gasteiger charge is 2.24. The highest BCUT2D eigenvalue weighted by molar-refractivity contribution is 6.26. The fourth-order valence-electron chi connectivity index (χ4n) is 5.03. The van der Waals surface area contributed by atoms with E-state index in [9.17, 15) is 0 Å². The van der Waals surface area contributed by atoms with Crippen LogP contribution in [0.15, 0.2) is 42.5 Å². The zero-order valence-electron chi connectivity index (χ0n) is 22.0. The Bertz CT molecular complexity index is 1030. The fourth-order valence-corrected chi connectivity index (χ4v) is 5.03. The molecule has 2 atom stereocenters. The van der Waals surface area contributed by atoms with Crippen molar-refractivity contribution in [2.24, 2.45) is 0 Å². The van der Waals surface area contributed by atoms with Crippen LogP contribution in [-0.4, -0.2) is 79.5 Å². The van der Waals surface area contributed by atoms with E-state index in [1.807, 2.05) is 4.90 Å². The number of carbonyl (C=O) groups is 4. The van der Waals surface area contributed by atoms with E-state index in [4.69, 9.17) is 44.3 Å². The van der Waals surface area contributed by atoms with Gasteiger partial charge in [0.25, 0.3) is 0 Å². The summed E-state index contributed by atoms with van der Waals surface area (Å²) < 4.78 is 6.00. The molecule has 2 aromatic rings. The molecule has 11 heteroatoms. The minimum Gasteiger partial charge on any atom is -0.539 e. The molecule has 2 unspecified atom stereocenters. The van der Waals surface area contributed by atoms with E-state index in [-0.39, 0.29) is 0 Å². The van der Waals surface area contributed by atoms with Crippen LogP contribution in [0.4, 0.5) is 0 Å². The average Bonchev–Trinajstić information content (AvgIpc) is 3.44. The number of hydrogen-bond acceptors (Lipinski definition) is 7. The molecule has 0 aliphatic carbocycles. The molecule has 0 radical (unpaired) electrons. The smallest absolute Gasteiger partial charge is 0.351 e. The van der Waals surface area contributed by atoms with Gasteiger partial charge in [0.2, 0.25) is 0 Å². The van der Waals surface area contributed by atoms with Crippen LogP contribution >= 0.6 is 0 Å². The molecule has 2 heterocycles. The van der Waals surface area contributed by atoms with Crippen LogP contribution in [0.25, 0.3) is 10.8 Å². The molecule has 39 heavy (non-hydrogen) atoms. The van der Waals surface area contributed by atoms with Crippen molar-refractivity contribution in [3.8, 4) is 0 Å². The molecule has 0 aromatic heterocycles. The van der Waals surface area contributed by atoms with Crippen molar-refractivity contribution in [2.45, 2.75) is 50.5 Å². The number of nitrogens with two attached hydrogens (primary N) is 1. The minimum atomic E-state index is -2.07. The molecule has 2 saturated heterocycles. The largest absolute Gasteiger partial charge is 0.539 e. The van der Waals surface area contributed by atoms with Gasteiger partial charge in [-0.2, -0.15) is 0 Å². The quantitative estimate of drug-likeness (QED) is 0.210. The Morgan fingerprint density at radius 1 is 0.923 bits per heavy atom. The van der Waals surface area contributed by atoms with E-state index >= 15 is 0 Å². The Labute approximate surface area is 227 Å². The summed E-state index contributed by atoms with van der Waals surface area (Å²) in [4.78, 5) is 37.9. The summed E-state index contributed by atoms with van der Waals surface area (Å²) >= 11 is 0. The molecule has 11 nitrogen and oxygen atoms in total. The molecule has 0 bridgehead atoms. The Balaban J connectivity index is 0.000000374. The van der Waals surface area contributed by atoms with E-state index < -0.39 is 23.9 Å². The third-order valence-electron chi connectivity index (χ3n) is 6.90. The third-order valence-corrected chi connectivity index (χ3v) is 6.90. The van der Waals surface area contributed by atoms with Gasteiger partial charge in [0.05, 0.1) is 25.7 Å².